The standard InChI is InChI=1S/C21H29N3O2/c1-23-17-8-5-4-7-16(17)22-21(23)18-9-6-12-24(18)14-15-10-11-19(25-2)20(13-15)26-3/h10-11,13,18H,4-9,12,14H2,1-3H3/t18-/m0/s1. The Kier molecular flexibility index (Phi) is 4.90. The van der Waals surface area contributed by atoms with Crippen molar-refractivity contribution in [2.45, 2.75) is 51.1 Å². The molecular formula is C21H29N3O2. The Labute approximate surface area is 155 Å². The first kappa shape index (κ1) is 17.4. The number of hydrogen-bond acceptors (Lipinski definition) is 4. The van der Waals surface area contributed by atoms with Crippen LogP contribution in [-0.2, 0) is 26.4 Å². The summed E-state index contributed by atoms with van der Waals surface area (Å²) in [5.74, 6) is 2.84. The Morgan fingerprint density at radius 1 is 1.08 bits per heavy atom. The van der Waals surface area contributed by atoms with Gasteiger partial charge in [-0.3, -0.25) is 4.90 Å². The summed E-state index contributed by atoms with van der Waals surface area (Å²) in [7, 11) is 5.58. The molecule has 1 aliphatic carbocycles. The highest BCUT2D eigenvalue weighted by molar-refractivity contribution is 5.43. The van der Waals surface area contributed by atoms with Crippen molar-refractivity contribution in [1.29, 1.82) is 0 Å². The van der Waals surface area contributed by atoms with E-state index in [4.69, 9.17) is 14.5 Å². The maximum atomic E-state index is 5.47. The van der Waals surface area contributed by atoms with E-state index >= 15 is 0 Å². The second-order valence-electron chi connectivity index (χ2n) is 7.45. The average molecular weight is 355 g/mol. The molecule has 1 saturated heterocycles. The number of fused-ring (bicyclic) bond motifs is 1. The van der Waals surface area contributed by atoms with Gasteiger partial charge in [-0.1, -0.05) is 6.07 Å². The van der Waals surface area contributed by atoms with Crippen LogP contribution in [0.4, 0.5) is 0 Å². The first-order chi connectivity index (χ1) is 12.7. The molecule has 1 aromatic heterocycles. The summed E-state index contributed by atoms with van der Waals surface area (Å²) in [6, 6.07) is 6.65. The van der Waals surface area contributed by atoms with Crippen molar-refractivity contribution in [3.8, 4) is 11.5 Å². The number of ether oxygens (including phenoxy) is 2. The van der Waals surface area contributed by atoms with Gasteiger partial charge >= 0.3 is 0 Å². The maximum absolute atomic E-state index is 5.47. The molecule has 26 heavy (non-hydrogen) atoms. The Hall–Kier alpha value is -2.01. The molecule has 5 nitrogen and oxygen atoms in total. The molecule has 2 heterocycles. The minimum atomic E-state index is 0.415. The molecule has 0 unspecified atom stereocenters. The first-order valence-corrected chi connectivity index (χ1v) is 9.70. The van der Waals surface area contributed by atoms with Crippen molar-refractivity contribution in [3.63, 3.8) is 0 Å². The maximum Gasteiger partial charge on any atom is 0.161 e. The van der Waals surface area contributed by atoms with Gasteiger partial charge in [0.15, 0.2) is 11.5 Å². The zero-order chi connectivity index (χ0) is 18.1. The van der Waals surface area contributed by atoms with Crippen molar-refractivity contribution >= 4 is 0 Å². The molecule has 0 radical (unpaired) electrons. The molecule has 2 aliphatic rings. The highest BCUT2D eigenvalue weighted by Gasteiger charge is 2.31. The number of likely N-dealkylation sites (tertiary alicyclic amines) is 1. The fourth-order valence-electron chi connectivity index (χ4n) is 4.53. The summed E-state index contributed by atoms with van der Waals surface area (Å²) in [4.78, 5) is 7.63. The normalized spacial score (nSPS) is 20.2. The van der Waals surface area contributed by atoms with Crippen molar-refractivity contribution in [1.82, 2.24) is 14.5 Å². The Morgan fingerprint density at radius 3 is 2.65 bits per heavy atom. The lowest BCUT2D eigenvalue weighted by atomic mass is 10.0. The van der Waals surface area contributed by atoms with Crippen molar-refractivity contribution < 1.29 is 9.47 Å². The summed E-state index contributed by atoms with van der Waals surface area (Å²) >= 11 is 0. The molecule has 0 spiro atoms. The quantitative estimate of drug-likeness (QED) is 0.821. The number of imidazole rings is 1. The van der Waals surface area contributed by atoms with Gasteiger partial charge in [0.1, 0.15) is 5.82 Å². The Morgan fingerprint density at radius 2 is 1.88 bits per heavy atom. The lowest BCUT2D eigenvalue weighted by molar-refractivity contribution is 0.235. The smallest absolute Gasteiger partial charge is 0.161 e. The fourth-order valence-corrected chi connectivity index (χ4v) is 4.53. The fraction of sp³-hybridized carbons (Fsp3) is 0.571. The molecule has 0 bridgehead atoms. The van der Waals surface area contributed by atoms with Gasteiger partial charge in [0.25, 0.3) is 0 Å². The second-order valence-corrected chi connectivity index (χ2v) is 7.45. The molecule has 140 valence electrons. The Bertz CT molecular complexity index is 784. The molecule has 5 heteroatoms. The van der Waals surface area contributed by atoms with Crippen LogP contribution >= 0.6 is 0 Å². The van der Waals surface area contributed by atoms with Gasteiger partial charge < -0.3 is 14.0 Å². The summed E-state index contributed by atoms with van der Waals surface area (Å²) in [5.41, 5.74) is 4.06. The van der Waals surface area contributed by atoms with Gasteiger partial charge in [-0.05, 0) is 62.8 Å². The third kappa shape index (κ3) is 3.09. The van der Waals surface area contributed by atoms with Crippen LogP contribution in [0.5, 0.6) is 11.5 Å². The van der Waals surface area contributed by atoms with Crippen LogP contribution in [0.1, 0.15) is 54.5 Å². The molecule has 0 amide bonds. The molecular weight excluding hydrogens is 326 g/mol. The van der Waals surface area contributed by atoms with Crippen molar-refractivity contribution in [2.24, 2.45) is 7.05 Å². The number of aromatic nitrogens is 2. The van der Waals surface area contributed by atoms with Crippen LogP contribution in [0.3, 0.4) is 0 Å². The number of aryl methyl sites for hydroxylation is 1. The predicted octanol–water partition coefficient (Wildman–Crippen LogP) is 3.65. The SMILES string of the molecule is COc1ccc(CN2CCC[C@H]2c2nc3c(n2C)CCCC3)cc1OC. The van der Waals surface area contributed by atoms with Crippen LogP contribution in [0.25, 0.3) is 0 Å². The summed E-state index contributed by atoms with van der Waals surface area (Å²) < 4.78 is 13.2. The number of nitrogens with zero attached hydrogens (tertiary/aromatic N) is 3. The van der Waals surface area contributed by atoms with Crippen LogP contribution in [-0.4, -0.2) is 35.2 Å². The third-order valence-electron chi connectivity index (χ3n) is 5.90. The Balaban J connectivity index is 1.57. The van der Waals surface area contributed by atoms with E-state index < -0.39 is 0 Å². The molecule has 2 aromatic rings. The van der Waals surface area contributed by atoms with Crippen LogP contribution in [0.2, 0.25) is 0 Å². The van der Waals surface area contributed by atoms with Gasteiger partial charge in [0.05, 0.1) is 26.0 Å². The van der Waals surface area contributed by atoms with E-state index in [0.717, 1.165) is 31.0 Å². The number of benzene rings is 1. The van der Waals surface area contributed by atoms with Crippen molar-refractivity contribution in [2.75, 3.05) is 20.8 Å². The van der Waals surface area contributed by atoms with Crippen LogP contribution < -0.4 is 9.47 Å². The average Bonchev–Trinajstić information content (AvgIpc) is 3.26. The highest BCUT2D eigenvalue weighted by Crippen LogP contribution is 2.36. The minimum absolute atomic E-state index is 0.415. The van der Waals surface area contributed by atoms with Crippen molar-refractivity contribution in [3.05, 3.63) is 41.0 Å². The van der Waals surface area contributed by atoms with E-state index in [9.17, 15) is 0 Å². The lowest BCUT2D eigenvalue weighted by Gasteiger charge is -2.25. The monoisotopic (exact) mass is 355 g/mol. The first-order valence-electron chi connectivity index (χ1n) is 9.70. The number of hydrogen-bond donors (Lipinski definition) is 0. The van der Waals surface area contributed by atoms with Gasteiger partial charge in [-0.15, -0.1) is 0 Å². The van der Waals surface area contributed by atoms with E-state index in [1.165, 1.54) is 54.9 Å². The van der Waals surface area contributed by atoms with Gasteiger partial charge in [0, 0.05) is 19.3 Å². The number of methoxy groups -OCH3 is 2. The van der Waals surface area contributed by atoms with E-state index in [1.54, 1.807) is 14.2 Å². The van der Waals surface area contributed by atoms with E-state index in [1.807, 2.05) is 6.07 Å². The summed E-state index contributed by atoms with van der Waals surface area (Å²) in [5, 5.41) is 0. The lowest BCUT2D eigenvalue weighted by Crippen LogP contribution is -2.25. The zero-order valence-corrected chi connectivity index (χ0v) is 16.1. The van der Waals surface area contributed by atoms with E-state index in [0.29, 0.717) is 6.04 Å². The number of rotatable bonds is 5. The second kappa shape index (κ2) is 7.31. The summed E-state index contributed by atoms with van der Waals surface area (Å²) in [6.45, 7) is 2.04. The van der Waals surface area contributed by atoms with Crippen LogP contribution in [0, 0.1) is 0 Å². The molecule has 1 atom stereocenters. The van der Waals surface area contributed by atoms with E-state index in [2.05, 4.69) is 28.6 Å². The van der Waals surface area contributed by atoms with Gasteiger partial charge in [-0.2, -0.15) is 0 Å². The molecule has 1 fully saturated rings. The minimum Gasteiger partial charge on any atom is -0.493 e. The largest absolute Gasteiger partial charge is 0.493 e. The topological polar surface area (TPSA) is 39.5 Å². The molecule has 0 N–H and O–H groups in total. The highest BCUT2D eigenvalue weighted by atomic mass is 16.5. The third-order valence-corrected chi connectivity index (χ3v) is 5.90. The summed E-state index contributed by atoms with van der Waals surface area (Å²) in [6.07, 6.45) is 7.33. The molecule has 1 aromatic carbocycles. The predicted molar refractivity (Wildman–Crippen MR) is 102 cm³/mol. The molecule has 4 rings (SSSR count). The zero-order valence-electron chi connectivity index (χ0n) is 16.1. The molecule has 0 saturated carbocycles. The van der Waals surface area contributed by atoms with Gasteiger partial charge in [0.2, 0.25) is 0 Å². The van der Waals surface area contributed by atoms with Gasteiger partial charge in [-0.25, -0.2) is 4.98 Å². The van der Waals surface area contributed by atoms with E-state index in [-0.39, 0.29) is 0 Å². The molecule has 1 aliphatic heterocycles. The van der Waals surface area contributed by atoms with Crippen LogP contribution in [0.15, 0.2) is 18.2 Å².